The molecule has 0 bridgehead atoms. The molecule has 0 saturated carbocycles. The summed E-state index contributed by atoms with van der Waals surface area (Å²) in [6, 6.07) is 0.653. The van der Waals surface area contributed by atoms with Crippen LogP contribution in [0.1, 0.15) is 48.0 Å². The average molecular weight is 275 g/mol. The molecule has 0 spiro atoms. The normalized spacial score (nSPS) is 17.8. The zero-order valence-electron chi connectivity index (χ0n) is 13.8. The Labute approximate surface area is 119 Å². The van der Waals surface area contributed by atoms with E-state index in [0.717, 1.165) is 13.1 Å². The van der Waals surface area contributed by atoms with Crippen LogP contribution in [0.3, 0.4) is 0 Å². The summed E-state index contributed by atoms with van der Waals surface area (Å²) in [5.74, 6) is 1.21. The molecular formula is C15H34N2S. The van der Waals surface area contributed by atoms with E-state index in [1.807, 2.05) is 11.8 Å². The second-order valence-corrected chi connectivity index (χ2v) is 7.90. The first-order valence-electron chi connectivity index (χ1n) is 7.08. The Morgan fingerprint density at radius 2 is 1.78 bits per heavy atom. The highest BCUT2D eigenvalue weighted by Crippen LogP contribution is 2.23. The molecule has 0 aromatic carbocycles. The summed E-state index contributed by atoms with van der Waals surface area (Å²) in [4.78, 5) is 2.50. The molecule has 0 aliphatic rings. The van der Waals surface area contributed by atoms with E-state index >= 15 is 0 Å². The molecule has 2 atom stereocenters. The van der Waals surface area contributed by atoms with E-state index < -0.39 is 0 Å². The first-order valence-corrected chi connectivity index (χ1v) is 8.47. The van der Waals surface area contributed by atoms with Crippen molar-refractivity contribution in [3.63, 3.8) is 0 Å². The van der Waals surface area contributed by atoms with Crippen LogP contribution >= 0.6 is 11.8 Å². The molecule has 0 rings (SSSR count). The summed E-state index contributed by atoms with van der Waals surface area (Å²) >= 11 is 1.93. The SMILES string of the molecule is CCC(C)(CNC(C)(C)C)CN(C)C(C)CSC. The maximum atomic E-state index is 3.66. The predicted octanol–water partition coefficient (Wildman–Crippen LogP) is 3.47. The van der Waals surface area contributed by atoms with E-state index in [9.17, 15) is 0 Å². The lowest BCUT2D eigenvalue weighted by Gasteiger charge is -2.38. The minimum atomic E-state index is 0.208. The van der Waals surface area contributed by atoms with Crippen LogP contribution in [-0.4, -0.2) is 48.6 Å². The van der Waals surface area contributed by atoms with Gasteiger partial charge in [0.15, 0.2) is 0 Å². The zero-order valence-corrected chi connectivity index (χ0v) is 14.6. The summed E-state index contributed by atoms with van der Waals surface area (Å²) in [6.07, 6.45) is 3.40. The standard InChI is InChI=1S/C15H34N2S/c1-9-15(6,11-16-14(3,4)5)12-17(7)13(2)10-18-8/h13,16H,9-12H2,1-8H3. The maximum Gasteiger partial charge on any atom is 0.0155 e. The number of rotatable bonds is 8. The van der Waals surface area contributed by atoms with Gasteiger partial charge < -0.3 is 10.2 Å². The smallest absolute Gasteiger partial charge is 0.0155 e. The topological polar surface area (TPSA) is 15.3 Å². The quantitative estimate of drug-likeness (QED) is 0.729. The number of nitrogens with zero attached hydrogens (tertiary/aromatic N) is 1. The molecule has 0 aromatic heterocycles. The third-order valence-corrected chi connectivity index (χ3v) is 4.51. The third-order valence-electron chi connectivity index (χ3n) is 3.69. The Hall–Kier alpha value is 0.270. The van der Waals surface area contributed by atoms with Crippen molar-refractivity contribution in [2.45, 2.75) is 59.5 Å². The minimum Gasteiger partial charge on any atom is -0.311 e. The average Bonchev–Trinajstić information content (AvgIpc) is 2.26. The fraction of sp³-hybridized carbons (Fsp3) is 1.00. The van der Waals surface area contributed by atoms with Gasteiger partial charge >= 0.3 is 0 Å². The van der Waals surface area contributed by atoms with Crippen molar-refractivity contribution >= 4 is 11.8 Å². The van der Waals surface area contributed by atoms with Crippen molar-refractivity contribution in [2.75, 3.05) is 32.1 Å². The molecule has 3 heteroatoms. The van der Waals surface area contributed by atoms with Crippen molar-refractivity contribution in [3.05, 3.63) is 0 Å². The highest BCUT2D eigenvalue weighted by molar-refractivity contribution is 7.98. The maximum absolute atomic E-state index is 3.66. The largest absolute Gasteiger partial charge is 0.311 e. The molecule has 2 unspecified atom stereocenters. The molecule has 110 valence electrons. The van der Waals surface area contributed by atoms with Crippen molar-refractivity contribution in [1.82, 2.24) is 10.2 Å². The lowest BCUT2D eigenvalue weighted by atomic mass is 9.85. The minimum absolute atomic E-state index is 0.208. The lowest BCUT2D eigenvalue weighted by molar-refractivity contribution is 0.147. The molecule has 0 radical (unpaired) electrons. The van der Waals surface area contributed by atoms with Crippen LogP contribution in [0.15, 0.2) is 0 Å². The van der Waals surface area contributed by atoms with Gasteiger partial charge in [0.2, 0.25) is 0 Å². The fourth-order valence-corrected chi connectivity index (χ4v) is 2.63. The van der Waals surface area contributed by atoms with E-state index in [1.54, 1.807) is 0 Å². The highest BCUT2D eigenvalue weighted by Gasteiger charge is 2.27. The van der Waals surface area contributed by atoms with Crippen molar-refractivity contribution < 1.29 is 0 Å². The molecule has 0 aliphatic carbocycles. The summed E-state index contributed by atoms with van der Waals surface area (Å²) in [5.41, 5.74) is 0.564. The molecule has 0 aliphatic heterocycles. The Bertz CT molecular complexity index is 225. The van der Waals surface area contributed by atoms with Crippen LogP contribution in [0.2, 0.25) is 0 Å². The monoisotopic (exact) mass is 274 g/mol. The molecule has 18 heavy (non-hydrogen) atoms. The first-order chi connectivity index (χ1) is 8.13. The van der Waals surface area contributed by atoms with Gasteiger partial charge in [0.05, 0.1) is 0 Å². The van der Waals surface area contributed by atoms with Crippen LogP contribution in [0.4, 0.5) is 0 Å². The van der Waals surface area contributed by atoms with Gasteiger partial charge in [-0.15, -0.1) is 0 Å². The van der Waals surface area contributed by atoms with Gasteiger partial charge in [-0.1, -0.05) is 13.8 Å². The van der Waals surface area contributed by atoms with E-state index in [2.05, 4.69) is 65.1 Å². The summed E-state index contributed by atoms with van der Waals surface area (Å²) in [6.45, 7) is 16.0. The summed E-state index contributed by atoms with van der Waals surface area (Å²) in [7, 11) is 2.26. The Balaban J connectivity index is 4.37. The Morgan fingerprint density at radius 3 is 2.17 bits per heavy atom. The number of hydrogen-bond acceptors (Lipinski definition) is 3. The van der Waals surface area contributed by atoms with Crippen molar-refractivity contribution in [2.24, 2.45) is 5.41 Å². The van der Waals surface area contributed by atoms with Crippen LogP contribution in [0, 0.1) is 5.41 Å². The van der Waals surface area contributed by atoms with Crippen LogP contribution in [-0.2, 0) is 0 Å². The van der Waals surface area contributed by atoms with Gasteiger partial charge in [-0.3, -0.25) is 0 Å². The summed E-state index contributed by atoms with van der Waals surface area (Å²) < 4.78 is 0. The molecular weight excluding hydrogens is 240 g/mol. The van der Waals surface area contributed by atoms with Gasteiger partial charge in [-0.25, -0.2) is 0 Å². The number of nitrogens with one attached hydrogen (secondary N) is 1. The Kier molecular flexibility index (Phi) is 7.88. The first kappa shape index (κ1) is 18.3. The van der Waals surface area contributed by atoms with E-state index in [4.69, 9.17) is 0 Å². The lowest BCUT2D eigenvalue weighted by Crippen LogP contribution is -2.48. The zero-order chi connectivity index (χ0) is 14.4. The van der Waals surface area contributed by atoms with Gasteiger partial charge in [0.25, 0.3) is 0 Å². The van der Waals surface area contributed by atoms with Crippen LogP contribution in [0.5, 0.6) is 0 Å². The molecule has 0 aromatic rings. The van der Waals surface area contributed by atoms with Gasteiger partial charge in [0.1, 0.15) is 0 Å². The van der Waals surface area contributed by atoms with E-state index in [0.29, 0.717) is 11.5 Å². The number of thioether (sulfide) groups is 1. The molecule has 0 heterocycles. The highest BCUT2D eigenvalue weighted by atomic mass is 32.2. The van der Waals surface area contributed by atoms with Gasteiger partial charge in [0, 0.05) is 30.4 Å². The number of hydrogen-bond donors (Lipinski definition) is 1. The van der Waals surface area contributed by atoms with Gasteiger partial charge in [-0.05, 0) is 52.8 Å². The second kappa shape index (κ2) is 7.76. The van der Waals surface area contributed by atoms with Crippen LogP contribution in [0.25, 0.3) is 0 Å². The van der Waals surface area contributed by atoms with E-state index in [-0.39, 0.29) is 5.54 Å². The third kappa shape index (κ3) is 7.65. The van der Waals surface area contributed by atoms with Crippen molar-refractivity contribution in [1.29, 1.82) is 0 Å². The second-order valence-electron chi connectivity index (χ2n) is 6.99. The van der Waals surface area contributed by atoms with Crippen molar-refractivity contribution in [3.8, 4) is 0 Å². The Morgan fingerprint density at radius 1 is 1.22 bits per heavy atom. The molecule has 2 nitrogen and oxygen atoms in total. The molecule has 0 amide bonds. The fourth-order valence-electron chi connectivity index (χ4n) is 1.90. The summed E-state index contributed by atoms with van der Waals surface area (Å²) in [5, 5.41) is 3.66. The van der Waals surface area contributed by atoms with Gasteiger partial charge in [-0.2, -0.15) is 11.8 Å². The van der Waals surface area contributed by atoms with Crippen LogP contribution < -0.4 is 5.32 Å². The molecule has 1 N–H and O–H groups in total. The molecule has 0 saturated heterocycles. The predicted molar refractivity (Wildman–Crippen MR) is 86.6 cm³/mol. The molecule has 0 fully saturated rings. The van der Waals surface area contributed by atoms with E-state index in [1.165, 1.54) is 12.2 Å².